The molecule has 0 spiro atoms. The first kappa shape index (κ1) is 13.4. The van der Waals surface area contributed by atoms with E-state index in [0.717, 1.165) is 34.6 Å². The highest BCUT2D eigenvalue weighted by Gasteiger charge is 2.02. The van der Waals surface area contributed by atoms with E-state index in [4.69, 9.17) is 4.74 Å². The molecular formula is C18H18N2O. The van der Waals surface area contributed by atoms with E-state index in [0.29, 0.717) is 0 Å². The molecule has 3 aromatic rings. The van der Waals surface area contributed by atoms with Crippen LogP contribution in [0.2, 0.25) is 0 Å². The highest BCUT2D eigenvalue weighted by atomic mass is 16.5. The van der Waals surface area contributed by atoms with Crippen LogP contribution < -0.4 is 10.1 Å². The number of rotatable bonds is 4. The van der Waals surface area contributed by atoms with Crippen molar-refractivity contribution in [1.29, 1.82) is 0 Å². The summed E-state index contributed by atoms with van der Waals surface area (Å²) >= 11 is 0. The maximum absolute atomic E-state index is 5.17. The van der Waals surface area contributed by atoms with Crippen LogP contribution in [0.4, 0.5) is 5.69 Å². The summed E-state index contributed by atoms with van der Waals surface area (Å²) in [5.74, 6) is 0.876. The molecule has 0 fully saturated rings. The van der Waals surface area contributed by atoms with Crippen molar-refractivity contribution in [2.75, 3.05) is 12.4 Å². The summed E-state index contributed by atoms with van der Waals surface area (Å²) in [6.45, 7) is 2.78. The molecule has 1 N–H and O–H groups in total. The Morgan fingerprint density at radius 2 is 1.81 bits per heavy atom. The Morgan fingerprint density at radius 3 is 2.57 bits per heavy atom. The Hall–Kier alpha value is -2.55. The van der Waals surface area contributed by atoms with Crippen LogP contribution in [0.3, 0.4) is 0 Å². The van der Waals surface area contributed by atoms with Crippen molar-refractivity contribution in [2.24, 2.45) is 0 Å². The molecule has 3 rings (SSSR count). The minimum Gasteiger partial charge on any atom is -0.497 e. The van der Waals surface area contributed by atoms with Gasteiger partial charge in [-0.25, -0.2) is 0 Å². The Labute approximate surface area is 124 Å². The largest absolute Gasteiger partial charge is 0.497 e. The quantitative estimate of drug-likeness (QED) is 0.778. The second-order valence-corrected chi connectivity index (χ2v) is 5.03. The molecule has 3 nitrogen and oxygen atoms in total. The SMILES string of the molecule is COc1ccc(CNc2cccc3ccc(C)nc23)cc1. The van der Waals surface area contributed by atoms with Gasteiger partial charge in [0.1, 0.15) is 5.75 Å². The summed E-state index contributed by atoms with van der Waals surface area (Å²) < 4.78 is 5.17. The molecule has 0 atom stereocenters. The van der Waals surface area contributed by atoms with Crippen molar-refractivity contribution in [3.05, 3.63) is 65.9 Å². The van der Waals surface area contributed by atoms with Crippen molar-refractivity contribution < 1.29 is 4.74 Å². The predicted octanol–water partition coefficient (Wildman–Crippen LogP) is 4.16. The first-order chi connectivity index (χ1) is 10.3. The third-order valence-electron chi connectivity index (χ3n) is 3.50. The number of para-hydroxylation sites is 1. The number of hydrogen-bond acceptors (Lipinski definition) is 3. The molecule has 0 unspecified atom stereocenters. The second kappa shape index (κ2) is 5.83. The fraction of sp³-hybridized carbons (Fsp3) is 0.167. The van der Waals surface area contributed by atoms with Gasteiger partial charge in [0.15, 0.2) is 0 Å². The molecule has 0 saturated heterocycles. The Morgan fingerprint density at radius 1 is 1.00 bits per heavy atom. The number of benzene rings is 2. The van der Waals surface area contributed by atoms with Gasteiger partial charge in [-0.15, -0.1) is 0 Å². The van der Waals surface area contributed by atoms with Gasteiger partial charge in [-0.1, -0.05) is 30.3 Å². The lowest BCUT2D eigenvalue weighted by Crippen LogP contribution is -2.01. The minimum atomic E-state index is 0.763. The number of anilines is 1. The van der Waals surface area contributed by atoms with Crippen molar-refractivity contribution in [3.8, 4) is 5.75 Å². The number of pyridine rings is 1. The predicted molar refractivity (Wildman–Crippen MR) is 86.8 cm³/mol. The molecule has 21 heavy (non-hydrogen) atoms. The zero-order chi connectivity index (χ0) is 14.7. The molecule has 0 bridgehead atoms. The summed E-state index contributed by atoms with van der Waals surface area (Å²) in [5.41, 5.74) is 4.32. The zero-order valence-corrected chi connectivity index (χ0v) is 12.3. The minimum absolute atomic E-state index is 0.763. The summed E-state index contributed by atoms with van der Waals surface area (Å²) in [5, 5.41) is 4.62. The fourth-order valence-electron chi connectivity index (χ4n) is 2.33. The van der Waals surface area contributed by atoms with Gasteiger partial charge in [0.25, 0.3) is 0 Å². The summed E-state index contributed by atoms with van der Waals surface area (Å²) in [6.07, 6.45) is 0. The van der Waals surface area contributed by atoms with Crippen LogP contribution in [-0.2, 0) is 6.54 Å². The zero-order valence-electron chi connectivity index (χ0n) is 12.3. The second-order valence-electron chi connectivity index (χ2n) is 5.03. The smallest absolute Gasteiger partial charge is 0.118 e. The maximum atomic E-state index is 5.17. The third-order valence-corrected chi connectivity index (χ3v) is 3.50. The molecule has 0 amide bonds. The normalized spacial score (nSPS) is 10.6. The third kappa shape index (κ3) is 2.97. The van der Waals surface area contributed by atoms with E-state index in [1.54, 1.807) is 7.11 Å². The molecule has 1 aromatic heterocycles. The Bertz CT molecular complexity index is 751. The van der Waals surface area contributed by atoms with Crippen LogP contribution >= 0.6 is 0 Å². The van der Waals surface area contributed by atoms with Gasteiger partial charge in [0.05, 0.1) is 18.3 Å². The van der Waals surface area contributed by atoms with E-state index in [2.05, 4.69) is 46.7 Å². The molecule has 0 aliphatic heterocycles. The average molecular weight is 278 g/mol. The van der Waals surface area contributed by atoms with Gasteiger partial charge in [0, 0.05) is 17.6 Å². The standard InChI is InChI=1S/C18H18N2O/c1-13-6-9-15-4-3-5-17(18(15)20-13)19-12-14-7-10-16(21-2)11-8-14/h3-11,19H,12H2,1-2H3. The lowest BCUT2D eigenvalue weighted by Gasteiger charge is -2.10. The Balaban J connectivity index is 1.82. The first-order valence-corrected chi connectivity index (χ1v) is 6.99. The number of fused-ring (bicyclic) bond motifs is 1. The molecule has 3 heteroatoms. The topological polar surface area (TPSA) is 34.1 Å². The molecule has 0 saturated carbocycles. The van der Waals surface area contributed by atoms with Crippen LogP contribution in [0.15, 0.2) is 54.6 Å². The van der Waals surface area contributed by atoms with Gasteiger partial charge < -0.3 is 10.1 Å². The number of ether oxygens (including phenoxy) is 1. The molecule has 0 radical (unpaired) electrons. The molecule has 0 aliphatic carbocycles. The first-order valence-electron chi connectivity index (χ1n) is 6.99. The van der Waals surface area contributed by atoms with E-state index in [1.165, 1.54) is 5.56 Å². The number of methoxy groups -OCH3 is 1. The van der Waals surface area contributed by atoms with Crippen molar-refractivity contribution >= 4 is 16.6 Å². The monoisotopic (exact) mass is 278 g/mol. The molecule has 1 heterocycles. The Kier molecular flexibility index (Phi) is 3.73. The van der Waals surface area contributed by atoms with Gasteiger partial charge in [-0.3, -0.25) is 4.98 Å². The summed E-state index contributed by atoms with van der Waals surface area (Å²) in [4.78, 5) is 4.63. The van der Waals surface area contributed by atoms with Gasteiger partial charge in [0.2, 0.25) is 0 Å². The molecule has 106 valence electrons. The van der Waals surface area contributed by atoms with Gasteiger partial charge in [-0.2, -0.15) is 0 Å². The van der Waals surface area contributed by atoms with E-state index in [1.807, 2.05) is 25.1 Å². The van der Waals surface area contributed by atoms with Crippen LogP contribution in [0.1, 0.15) is 11.3 Å². The lowest BCUT2D eigenvalue weighted by atomic mass is 10.1. The molecule has 0 aliphatic rings. The number of nitrogens with zero attached hydrogens (tertiary/aromatic N) is 1. The number of hydrogen-bond donors (Lipinski definition) is 1. The highest BCUT2D eigenvalue weighted by molar-refractivity contribution is 5.90. The summed E-state index contributed by atoms with van der Waals surface area (Å²) in [7, 11) is 1.68. The van der Waals surface area contributed by atoms with Crippen LogP contribution in [-0.4, -0.2) is 12.1 Å². The van der Waals surface area contributed by atoms with Crippen LogP contribution in [0, 0.1) is 6.92 Å². The molecule has 2 aromatic carbocycles. The fourth-order valence-corrected chi connectivity index (χ4v) is 2.33. The van der Waals surface area contributed by atoms with E-state index in [-0.39, 0.29) is 0 Å². The molecular weight excluding hydrogens is 260 g/mol. The van der Waals surface area contributed by atoms with E-state index < -0.39 is 0 Å². The van der Waals surface area contributed by atoms with Crippen LogP contribution in [0.25, 0.3) is 10.9 Å². The van der Waals surface area contributed by atoms with E-state index in [9.17, 15) is 0 Å². The maximum Gasteiger partial charge on any atom is 0.118 e. The lowest BCUT2D eigenvalue weighted by molar-refractivity contribution is 0.414. The van der Waals surface area contributed by atoms with Gasteiger partial charge >= 0.3 is 0 Å². The van der Waals surface area contributed by atoms with Crippen molar-refractivity contribution in [1.82, 2.24) is 4.98 Å². The highest BCUT2D eigenvalue weighted by Crippen LogP contribution is 2.22. The van der Waals surface area contributed by atoms with E-state index >= 15 is 0 Å². The number of nitrogens with one attached hydrogen (secondary N) is 1. The van der Waals surface area contributed by atoms with Crippen molar-refractivity contribution in [3.63, 3.8) is 0 Å². The number of aromatic nitrogens is 1. The van der Waals surface area contributed by atoms with Crippen molar-refractivity contribution in [2.45, 2.75) is 13.5 Å². The van der Waals surface area contributed by atoms with Gasteiger partial charge in [-0.05, 0) is 36.8 Å². The average Bonchev–Trinajstić information content (AvgIpc) is 2.53. The number of aryl methyl sites for hydroxylation is 1. The summed E-state index contributed by atoms with van der Waals surface area (Å²) in [6, 6.07) is 18.4. The van der Waals surface area contributed by atoms with Crippen LogP contribution in [0.5, 0.6) is 5.75 Å².